The Hall–Kier alpha value is -0.620. The summed E-state index contributed by atoms with van der Waals surface area (Å²) in [6.07, 6.45) is 0. The van der Waals surface area contributed by atoms with Crippen LogP contribution < -0.4 is 40.4 Å². The molecule has 2 aromatic rings. The van der Waals surface area contributed by atoms with Crippen LogP contribution in [0.2, 0.25) is 0 Å². The molecule has 1 aromatic heterocycles. The molecule has 1 heterocycles. The number of anilines is 1. The molecule has 0 aliphatic rings. The Balaban J connectivity index is 0.000000980. The minimum absolute atomic E-state index is 0. The number of thiazole rings is 1. The summed E-state index contributed by atoms with van der Waals surface area (Å²) in [6.45, 7) is 0. The van der Waals surface area contributed by atoms with Gasteiger partial charge in [-0.05, 0) is 17.7 Å². The first-order chi connectivity index (χ1) is 6.16. The molecule has 2 N–H and O–H groups in total. The zero-order chi connectivity index (χ0) is 9.42. The maximum atomic E-state index is 10.5. The molecule has 0 saturated heterocycles. The number of carboxylic acid groups (broad SMARTS) is 1. The van der Waals surface area contributed by atoms with E-state index in [2.05, 4.69) is 4.98 Å². The van der Waals surface area contributed by atoms with Gasteiger partial charge < -0.3 is 15.6 Å². The summed E-state index contributed by atoms with van der Waals surface area (Å²) in [5.41, 5.74) is 6.33. The molecule has 4 nitrogen and oxygen atoms in total. The zero-order valence-corrected chi connectivity index (χ0v) is 10.3. The van der Waals surface area contributed by atoms with Gasteiger partial charge in [-0.1, -0.05) is 17.4 Å². The molecule has 66 valence electrons. The molecule has 0 saturated carbocycles. The second-order valence-corrected chi connectivity index (χ2v) is 3.58. The molecule has 0 amide bonds. The molecule has 2 rings (SSSR count). The van der Waals surface area contributed by atoms with Crippen molar-refractivity contribution >= 4 is 32.7 Å². The van der Waals surface area contributed by atoms with Crippen molar-refractivity contribution in [3.05, 3.63) is 23.8 Å². The van der Waals surface area contributed by atoms with E-state index in [1.54, 1.807) is 6.07 Å². The molecule has 0 bridgehead atoms. The fourth-order valence-corrected chi connectivity index (χ4v) is 1.84. The van der Waals surface area contributed by atoms with Crippen LogP contribution in [0, 0.1) is 0 Å². The summed E-state index contributed by atoms with van der Waals surface area (Å²) in [4.78, 5) is 14.5. The van der Waals surface area contributed by atoms with E-state index in [4.69, 9.17) is 5.73 Å². The van der Waals surface area contributed by atoms with E-state index in [-0.39, 0.29) is 35.1 Å². The van der Waals surface area contributed by atoms with Crippen LogP contribution in [-0.2, 0) is 0 Å². The number of nitrogens with zero attached hydrogens (tertiary/aromatic N) is 1. The Bertz CT molecular complexity index is 483. The van der Waals surface area contributed by atoms with Gasteiger partial charge in [-0.3, -0.25) is 0 Å². The summed E-state index contributed by atoms with van der Waals surface area (Å²) >= 11 is 1.26. The SMILES string of the molecule is Nc1nc2ccc(C(=O)[O-])cc2s1.[Na+]. The third-order valence-corrected chi connectivity index (χ3v) is 2.49. The van der Waals surface area contributed by atoms with Crippen LogP contribution in [0.5, 0.6) is 0 Å². The summed E-state index contributed by atoms with van der Waals surface area (Å²) in [6, 6.07) is 4.59. The van der Waals surface area contributed by atoms with Crippen LogP contribution in [0.3, 0.4) is 0 Å². The normalized spacial score (nSPS) is 9.71. The number of aromatic carboxylic acids is 1. The average molecular weight is 216 g/mol. The van der Waals surface area contributed by atoms with Gasteiger partial charge in [0.15, 0.2) is 5.13 Å². The van der Waals surface area contributed by atoms with Crippen LogP contribution >= 0.6 is 11.3 Å². The second-order valence-electron chi connectivity index (χ2n) is 2.52. The third kappa shape index (κ3) is 2.06. The summed E-state index contributed by atoms with van der Waals surface area (Å²) in [7, 11) is 0. The minimum Gasteiger partial charge on any atom is -0.545 e. The number of benzene rings is 1. The summed E-state index contributed by atoms with van der Waals surface area (Å²) < 4.78 is 0.763. The standard InChI is InChI=1S/C8H6N2O2S.Na/c9-8-10-5-2-1-4(7(11)12)3-6(5)13-8;/h1-3H,(H2,9,10)(H,11,12);/q;+1/p-1. The molecule has 0 aliphatic carbocycles. The number of rotatable bonds is 1. The van der Waals surface area contributed by atoms with Gasteiger partial charge in [-0.25, -0.2) is 4.98 Å². The van der Waals surface area contributed by atoms with Crippen molar-refractivity contribution in [2.24, 2.45) is 0 Å². The van der Waals surface area contributed by atoms with Crippen molar-refractivity contribution in [3.8, 4) is 0 Å². The Kier molecular flexibility index (Phi) is 3.49. The number of carbonyl (C=O) groups excluding carboxylic acids is 1. The number of carbonyl (C=O) groups is 1. The van der Waals surface area contributed by atoms with Gasteiger partial charge in [0.25, 0.3) is 0 Å². The molecule has 6 heteroatoms. The number of aromatic nitrogens is 1. The largest absolute Gasteiger partial charge is 1.00 e. The molecular formula is C8H5N2NaO2S. The van der Waals surface area contributed by atoms with Crippen molar-refractivity contribution in [1.82, 2.24) is 4.98 Å². The molecule has 14 heavy (non-hydrogen) atoms. The molecule has 0 radical (unpaired) electrons. The monoisotopic (exact) mass is 216 g/mol. The van der Waals surface area contributed by atoms with E-state index < -0.39 is 5.97 Å². The van der Waals surface area contributed by atoms with Crippen LogP contribution in [0.1, 0.15) is 10.4 Å². The molecular weight excluding hydrogens is 211 g/mol. The summed E-state index contributed by atoms with van der Waals surface area (Å²) in [5, 5.41) is 10.9. The van der Waals surface area contributed by atoms with Crippen molar-refractivity contribution in [1.29, 1.82) is 0 Å². The second kappa shape index (κ2) is 4.27. The molecule has 0 unspecified atom stereocenters. The van der Waals surface area contributed by atoms with Gasteiger partial charge in [0.05, 0.1) is 16.2 Å². The van der Waals surface area contributed by atoms with E-state index in [0.29, 0.717) is 10.6 Å². The average Bonchev–Trinajstić information content (AvgIpc) is 2.42. The van der Waals surface area contributed by atoms with E-state index in [1.807, 2.05) is 0 Å². The van der Waals surface area contributed by atoms with E-state index in [9.17, 15) is 9.90 Å². The van der Waals surface area contributed by atoms with Gasteiger partial charge in [0, 0.05) is 0 Å². The fourth-order valence-electron chi connectivity index (χ4n) is 1.07. The van der Waals surface area contributed by atoms with E-state index in [1.165, 1.54) is 23.5 Å². The number of hydrogen-bond acceptors (Lipinski definition) is 5. The van der Waals surface area contributed by atoms with E-state index >= 15 is 0 Å². The van der Waals surface area contributed by atoms with Gasteiger partial charge >= 0.3 is 29.6 Å². The molecule has 0 aliphatic heterocycles. The van der Waals surface area contributed by atoms with E-state index in [0.717, 1.165) is 4.70 Å². The van der Waals surface area contributed by atoms with Crippen LogP contribution in [0.4, 0.5) is 5.13 Å². The Morgan fingerprint density at radius 1 is 1.50 bits per heavy atom. The Morgan fingerprint density at radius 3 is 2.86 bits per heavy atom. The first-order valence-electron chi connectivity index (χ1n) is 3.54. The Labute approximate surface area is 106 Å². The number of fused-ring (bicyclic) bond motifs is 1. The first kappa shape index (κ1) is 11.5. The van der Waals surface area contributed by atoms with Gasteiger partial charge in [0.2, 0.25) is 0 Å². The zero-order valence-electron chi connectivity index (χ0n) is 7.48. The quantitative estimate of drug-likeness (QED) is 0.524. The Morgan fingerprint density at radius 2 is 2.21 bits per heavy atom. The van der Waals surface area contributed by atoms with Crippen molar-refractivity contribution in [2.75, 3.05) is 5.73 Å². The van der Waals surface area contributed by atoms with Gasteiger partial charge in [-0.2, -0.15) is 0 Å². The maximum absolute atomic E-state index is 10.5. The third-order valence-electron chi connectivity index (χ3n) is 1.64. The smallest absolute Gasteiger partial charge is 0.545 e. The van der Waals surface area contributed by atoms with Crippen molar-refractivity contribution in [3.63, 3.8) is 0 Å². The summed E-state index contributed by atoms with van der Waals surface area (Å²) in [5.74, 6) is -1.19. The van der Waals surface area contributed by atoms with Crippen molar-refractivity contribution in [2.45, 2.75) is 0 Å². The predicted octanol–water partition coefficient (Wildman–Crippen LogP) is -2.75. The molecule has 0 spiro atoms. The van der Waals surface area contributed by atoms with Crippen LogP contribution in [-0.4, -0.2) is 11.0 Å². The van der Waals surface area contributed by atoms with Crippen LogP contribution in [0.15, 0.2) is 18.2 Å². The number of carboxylic acids is 1. The maximum Gasteiger partial charge on any atom is 1.00 e. The number of nitrogen functional groups attached to an aromatic ring is 1. The number of nitrogens with two attached hydrogens (primary N) is 1. The first-order valence-corrected chi connectivity index (χ1v) is 4.36. The topological polar surface area (TPSA) is 79.0 Å². The predicted molar refractivity (Wildman–Crippen MR) is 48.4 cm³/mol. The van der Waals surface area contributed by atoms with Crippen LogP contribution in [0.25, 0.3) is 10.2 Å². The van der Waals surface area contributed by atoms with Crippen molar-refractivity contribution < 1.29 is 39.5 Å². The number of hydrogen-bond donors (Lipinski definition) is 1. The fraction of sp³-hybridized carbons (Fsp3) is 0. The molecule has 0 fully saturated rings. The minimum atomic E-state index is -1.19. The molecule has 1 aromatic carbocycles. The molecule has 0 atom stereocenters. The van der Waals surface area contributed by atoms with Gasteiger partial charge in [0.1, 0.15) is 0 Å². The van der Waals surface area contributed by atoms with Gasteiger partial charge in [-0.15, -0.1) is 0 Å².